The Bertz CT molecular complexity index is 249. The highest BCUT2D eigenvalue weighted by Crippen LogP contribution is 2.36. The molecule has 1 unspecified atom stereocenters. The van der Waals surface area contributed by atoms with Gasteiger partial charge >= 0.3 is 0 Å². The molecule has 2 saturated heterocycles. The van der Waals surface area contributed by atoms with Crippen molar-refractivity contribution in [3.63, 3.8) is 0 Å². The van der Waals surface area contributed by atoms with Crippen molar-refractivity contribution in [1.82, 2.24) is 10.2 Å². The van der Waals surface area contributed by atoms with Crippen molar-refractivity contribution in [3.05, 3.63) is 0 Å². The van der Waals surface area contributed by atoms with Crippen molar-refractivity contribution >= 4 is 18.3 Å². The minimum atomic E-state index is 0. The molecule has 0 aromatic rings. The van der Waals surface area contributed by atoms with Gasteiger partial charge in [0.05, 0.1) is 0 Å². The van der Waals surface area contributed by atoms with E-state index in [-0.39, 0.29) is 12.4 Å². The van der Waals surface area contributed by atoms with Crippen LogP contribution in [-0.4, -0.2) is 36.5 Å². The van der Waals surface area contributed by atoms with E-state index in [1.165, 1.54) is 12.8 Å². The number of nitrogens with one attached hydrogen (secondary N) is 1. The Morgan fingerprint density at radius 3 is 2.69 bits per heavy atom. The fourth-order valence-corrected chi connectivity index (χ4v) is 2.89. The normalized spacial score (nSPS) is 30.7. The third-order valence-corrected chi connectivity index (χ3v) is 3.88. The first-order valence-corrected chi connectivity index (χ1v) is 6.13. The Kier molecular flexibility index (Phi) is 4.62. The van der Waals surface area contributed by atoms with Gasteiger partial charge in [-0.3, -0.25) is 4.79 Å². The van der Waals surface area contributed by atoms with Gasteiger partial charge in [0.2, 0.25) is 5.91 Å². The Morgan fingerprint density at radius 2 is 2.12 bits per heavy atom. The number of amides is 1. The van der Waals surface area contributed by atoms with E-state index in [0.29, 0.717) is 17.4 Å². The van der Waals surface area contributed by atoms with Crippen molar-refractivity contribution in [2.75, 3.05) is 19.6 Å². The summed E-state index contributed by atoms with van der Waals surface area (Å²) < 4.78 is 0. The third-order valence-electron chi connectivity index (χ3n) is 3.88. The largest absolute Gasteiger partial charge is 0.340 e. The average Bonchev–Trinajstić information content (AvgIpc) is 2.23. The maximum atomic E-state index is 11.8. The van der Waals surface area contributed by atoms with Crippen LogP contribution in [0, 0.1) is 5.41 Å². The van der Waals surface area contributed by atoms with E-state index in [2.05, 4.69) is 24.1 Å². The van der Waals surface area contributed by atoms with E-state index in [1.54, 1.807) is 0 Å². The molecule has 0 aromatic heterocycles. The number of carbonyl (C=O) groups excluding carboxylic acids is 1. The average molecular weight is 247 g/mol. The lowest BCUT2D eigenvalue weighted by Crippen LogP contribution is -2.54. The quantitative estimate of drug-likeness (QED) is 0.766. The van der Waals surface area contributed by atoms with E-state index in [1.807, 2.05) is 0 Å². The summed E-state index contributed by atoms with van der Waals surface area (Å²) in [5, 5.41) is 3.48. The molecule has 94 valence electrons. The van der Waals surface area contributed by atoms with Crippen LogP contribution in [0.4, 0.5) is 0 Å². The van der Waals surface area contributed by atoms with Crippen LogP contribution in [0.25, 0.3) is 0 Å². The molecule has 0 saturated carbocycles. The van der Waals surface area contributed by atoms with Gasteiger partial charge in [-0.1, -0.05) is 0 Å². The molecule has 2 aliphatic rings. The van der Waals surface area contributed by atoms with Crippen molar-refractivity contribution in [3.8, 4) is 0 Å². The van der Waals surface area contributed by atoms with Crippen molar-refractivity contribution in [2.45, 2.75) is 45.6 Å². The minimum Gasteiger partial charge on any atom is -0.340 e. The lowest BCUT2D eigenvalue weighted by atomic mass is 9.74. The zero-order valence-electron chi connectivity index (χ0n) is 10.3. The lowest BCUT2D eigenvalue weighted by molar-refractivity contribution is -0.140. The molecule has 1 atom stereocenters. The van der Waals surface area contributed by atoms with Gasteiger partial charge in [0.15, 0.2) is 0 Å². The summed E-state index contributed by atoms with van der Waals surface area (Å²) in [5.74, 6) is 0.348. The van der Waals surface area contributed by atoms with Gasteiger partial charge in [-0.2, -0.15) is 0 Å². The number of piperidine rings is 2. The number of carbonyl (C=O) groups is 1. The van der Waals surface area contributed by atoms with Crippen molar-refractivity contribution in [2.24, 2.45) is 5.41 Å². The van der Waals surface area contributed by atoms with Crippen LogP contribution < -0.4 is 5.32 Å². The Morgan fingerprint density at radius 1 is 1.38 bits per heavy atom. The molecule has 1 spiro atoms. The second kappa shape index (κ2) is 5.37. The SMILES string of the molecule is CC(C)N1CC2(CCCNC2)CCC1=O.Cl. The first-order valence-electron chi connectivity index (χ1n) is 6.13. The van der Waals surface area contributed by atoms with Gasteiger partial charge in [-0.15, -0.1) is 12.4 Å². The summed E-state index contributed by atoms with van der Waals surface area (Å²) in [4.78, 5) is 13.8. The summed E-state index contributed by atoms with van der Waals surface area (Å²) in [6.07, 6.45) is 4.39. The Labute approximate surface area is 104 Å². The first-order chi connectivity index (χ1) is 7.13. The second-order valence-corrected chi connectivity index (χ2v) is 5.40. The molecule has 2 rings (SSSR count). The molecule has 1 amide bonds. The van der Waals surface area contributed by atoms with Gasteiger partial charge < -0.3 is 10.2 Å². The van der Waals surface area contributed by atoms with E-state index in [9.17, 15) is 4.79 Å². The van der Waals surface area contributed by atoms with Gasteiger partial charge in [0, 0.05) is 31.0 Å². The molecule has 0 aliphatic carbocycles. The van der Waals surface area contributed by atoms with Gasteiger partial charge in [0.25, 0.3) is 0 Å². The summed E-state index contributed by atoms with van der Waals surface area (Å²) in [7, 11) is 0. The Balaban J connectivity index is 0.00000128. The fraction of sp³-hybridized carbons (Fsp3) is 0.917. The predicted molar refractivity (Wildman–Crippen MR) is 67.9 cm³/mol. The lowest BCUT2D eigenvalue weighted by Gasteiger charge is -2.46. The molecule has 3 nitrogen and oxygen atoms in total. The molecule has 2 fully saturated rings. The summed E-state index contributed by atoms with van der Waals surface area (Å²) in [6.45, 7) is 7.46. The zero-order chi connectivity index (χ0) is 10.9. The predicted octanol–water partition coefficient (Wildman–Crippen LogP) is 1.81. The fourth-order valence-electron chi connectivity index (χ4n) is 2.89. The van der Waals surface area contributed by atoms with Crippen LogP contribution in [0.2, 0.25) is 0 Å². The number of hydrogen-bond donors (Lipinski definition) is 1. The van der Waals surface area contributed by atoms with Crippen LogP contribution in [0.3, 0.4) is 0 Å². The van der Waals surface area contributed by atoms with Crippen LogP contribution in [0.15, 0.2) is 0 Å². The van der Waals surface area contributed by atoms with Gasteiger partial charge in [-0.25, -0.2) is 0 Å². The highest BCUT2D eigenvalue weighted by Gasteiger charge is 2.39. The molecule has 0 aromatic carbocycles. The summed E-state index contributed by atoms with van der Waals surface area (Å²) >= 11 is 0. The van der Waals surface area contributed by atoms with E-state index in [0.717, 1.165) is 32.5 Å². The second-order valence-electron chi connectivity index (χ2n) is 5.40. The van der Waals surface area contributed by atoms with Crippen LogP contribution in [-0.2, 0) is 4.79 Å². The zero-order valence-corrected chi connectivity index (χ0v) is 11.1. The van der Waals surface area contributed by atoms with Crippen molar-refractivity contribution < 1.29 is 4.79 Å². The molecule has 0 bridgehead atoms. The Hall–Kier alpha value is -0.280. The highest BCUT2D eigenvalue weighted by atomic mass is 35.5. The smallest absolute Gasteiger partial charge is 0.222 e. The van der Waals surface area contributed by atoms with Crippen LogP contribution in [0.5, 0.6) is 0 Å². The molecule has 1 N–H and O–H groups in total. The number of nitrogens with zero attached hydrogens (tertiary/aromatic N) is 1. The molecule has 2 heterocycles. The van der Waals surface area contributed by atoms with Crippen molar-refractivity contribution in [1.29, 1.82) is 0 Å². The number of rotatable bonds is 1. The molecule has 0 radical (unpaired) electrons. The minimum absolute atomic E-state index is 0. The van der Waals surface area contributed by atoms with E-state index in [4.69, 9.17) is 0 Å². The maximum absolute atomic E-state index is 11.8. The van der Waals surface area contributed by atoms with Crippen LogP contribution >= 0.6 is 12.4 Å². The first kappa shape index (κ1) is 13.8. The topological polar surface area (TPSA) is 32.3 Å². The molecule has 2 aliphatic heterocycles. The maximum Gasteiger partial charge on any atom is 0.222 e. The highest BCUT2D eigenvalue weighted by molar-refractivity contribution is 5.85. The van der Waals surface area contributed by atoms with E-state index < -0.39 is 0 Å². The molecule has 4 heteroatoms. The number of hydrogen-bond acceptors (Lipinski definition) is 2. The molecular formula is C12H23ClN2O. The molecular weight excluding hydrogens is 224 g/mol. The molecule has 16 heavy (non-hydrogen) atoms. The third kappa shape index (κ3) is 2.69. The monoisotopic (exact) mass is 246 g/mol. The van der Waals surface area contributed by atoms with E-state index >= 15 is 0 Å². The van der Waals surface area contributed by atoms with Crippen LogP contribution in [0.1, 0.15) is 39.5 Å². The summed E-state index contributed by atoms with van der Waals surface area (Å²) in [6, 6.07) is 0.358. The standard InChI is InChI=1S/C12H22N2O.ClH/c1-10(2)14-9-12(6-4-11(14)15)5-3-7-13-8-12;/h10,13H,3-9H2,1-2H3;1H. The summed E-state index contributed by atoms with van der Waals surface area (Å²) in [5.41, 5.74) is 0.385. The number of likely N-dealkylation sites (tertiary alicyclic amines) is 1. The van der Waals surface area contributed by atoms with Gasteiger partial charge in [-0.05, 0) is 39.7 Å². The number of halogens is 1. The van der Waals surface area contributed by atoms with Gasteiger partial charge in [0.1, 0.15) is 0 Å².